The van der Waals surface area contributed by atoms with Crippen LogP contribution in [0.5, 0.6) is 0 Å². The molecule has 5 atom stereocenters. The van der Waals surface area contributed by atoms with Crippen molar-refractivity contribution >= 4 is 39.5 Å². The number of thioether (sulfide) groups is 1. The fourth-order valence-electron chi connectivity index (χ4n) is 3.09. The molecule has 25 heavy (non-hydrogen) atoms. The minimum Gasteiger partial charge on any atom is -0.393 e. The van der Waals surface area contributed by atoms with Crippen LogP contribution in [0.1, 0.15) is 38.7 Å². The van der Waals surface area contributed by atoms with Crippen LogP contribution in [0.25, 0.3) is 0 Å². The molecule has 1 aromatic rings. The van der Waals surface area contributed by atoms with Crippen molar-refractivity contribution < 1.29 is 14.6 Å². The van der Waals surface area contributed by atoms with Gasteiger partial charge in [-0.15, -0.1) is 0 Å². The molecule has 0 spiro atoms. The lowest BCUT2D eigenvalue weighted by molar-refractivity contribution is -0.142. The fraction of sp³-hybridized carbons (Fsp3) is 0.550. The predicted octanol–water partition coefficient (Wildman–Crippen LogP) is 5.13. The van der Waals surface area contributed by atoms with Gasteiger partial charge >= 0.3 is 0 Å². The van der Waals surface area contributed by atoms with Gasteiger partial charge in [0.05, 0.1) is 18.3 Å². The number of halogens is 1. The summed E-state index contributed by atoms with van der Waals surface area (Å²) in [5.41, 5.74) is 1.18. The van der Waals surface area contributed by atoms with Crippen molar-refractivity contribution in [2.45, 2.75) is 63.2 Å². The van der Waals surface area contributed by atoms with Gasteiger partial charge in [0.1, 0.15) is 0 Å². The first-order valence-corrected chi connectivity index (χ1v) is 10.8. The van der Waals surface area contributed by atoms with Crippen LogP contribution >= 0.6 is 34.4 Å². The molecule has 1 fully saturated rings. The highest BCUT2D eigenvalue weighted by atomic mass is 127. The lowest BCUT2D eigenvalue weighted by Crippen LogP contribution is -2.44. The number of carbonyl (C=O) groups excluding carboxylic acids is 1. The summed E-state index contributed by atoms with van der Waals surface area (Å²) in [6.45, 7) is 6.22. The summed E-state index contributed by atoms with van der Waals surface area (Å²) in [7, 11) is 0. The molecule has 1 heterocycles. The molecule has 1 aliphatic rings. The second kappa shape index (κ2) is 10.1. The van der Waals surface area contributed by atoms with E-state index in [-0.39, 0.29) is 23.2 Å². The Hall–Kier alpha value is -0.370. The number of aliphatic hydroxyl groups excluding tert-OH is 1. The summed E-state index contributed by atoms with van der Waals surface area (Å²) >= 11 is 3.48. The number of ether oxygens (including phenoxy) is 1. The highest BCUT2D eigenvalue weighted by Crippen LogP contribution is 2.32. The molecule has 0 aliphatic carbocycles. The van der Waals surface area contributed by atoms with E-state index < -0.39 is 6.10 Å². The average Bonchev–Trinajstić information content (AvgIpc) is 2.54. The van der Waals surface area contributed by atoms with E-state index in [2.05, 4.69) is 35.6 Å². The summed E-state index contributed by atoms with van der Waals surface area (Å²) in [6.07, 6.45) is 3.28. The summed E-state index contributed by atoms with van der Waals surface area (Å²) < 4.78 is 8.20. The molecule has 1 N–H and O–H groups in total. The molecular formula is C20H27IO3S. The number of benzene rings is 1. The number of rotatable bonds is 6. The van der Waals surface area contributed by atoms with Gasteiger partial charge in [-0.1, -0.05) is 72.0 Å². The zero-order valence-electron chi connectivity index (χ0n) is 15.0. The second-order valence-electron chi connectivity index (χ2n) is 6.98. The van der Waals surface area contributed by atoms with Gasteiger partial charge in [-0.3, -0.25) is 4.79 Å². The minimum atomic E-state index is -0.406. The Labute approximate surface area is 168 Å². The van der Waals surface area contributed by atoms with E-state index in [4.69, 9.17) is 4.74 Å². The molecule has 1 saturated heterocycles. The maximum absolute atomic E-state index is 12.4. The van der Waals surface area contributed by atoms with Gasteiger partial charge in [0.2, 0.25) is 0 Å². The van der Waals surface area contributed by atoms with Crippen molar-refractivity contribution in [3.05, 3.63) is 40.0 Å². The number of hydrogen-bond acceptors (Lipinski definition) is 4. The normalized spacial score (nSPS) is 28.2. The van der Waals surface area contributed by atoms with Gasteiger partial charge in [0.15, 0.2) is 5.12 Å². The van der Waals surface area contributed by atoms with E-state index in [1.54, 1.807) is 0 Å². The molecular weight excluding hydrogens is 447 g/mol. The van der Waals surface area contributed by atoms with E-state index in [9.17, 15) is 9.90 Å². The van der Waals surface area contributed by atoms with Crippen molar-refractivity contribution in [2.75, 3.05) is 0 Å². The minimum absolute atomic E-state index is 0.00600. The Morgan fingerprint density at radius 2 is 2.12 bits per heavy atom. The van der Waals surface area contributed by atoms with Crippen molar-refractivity contribution in [2.24, 2.45) is 11.8 Å². The van der Waals surface area contributed by atoms with Crippen molar-refractivity contribution in [3.8, 4) is 0 Å². The van der Waals surface area contributed by atoms with Crippen LogP contribution in [0.2, 0.25) is 0 Å². The van der Waals surface area contributed by atoms with Crippen molar-refractivity contribution in [3.63, 3.8) is 0 Å². The van der Waals surface area contributed by atoms with E-state index in [1.165, 1.54) is 17.3 Å². The lowest BCUT2D eigenvalue weighted by atomic mass is 9.85. The summed E-state index contributed by atoms with van der Waals surface area (Å²) in [6, 6.07) is 7.96. The Morgan fingerprint density at radius 3 is 2.76 bits per heavy atom. The number of carbonyl (C=O) groups is 1. The molecule has 0 radical (unpaired) electrons. The van der Waals surface area contributed by atoms with Crippen molar-refractivity contribution in [1.29, 1.82) is 0 Å². The number of aliphatic hydroxyl groups is 1. The Kier molecular flexibility index (Phi) is 8.45. The van der Waals surface area contributed by atoms with E-state index in [1.807, 2.05) is 42.2 Å². The number of hydrogen-bond donors (Lipinski definition) is 1. The largest absolute Gasteiger partial charge is 0.393 e. The van der Waals surface area contributed by atoms with Crippen LogP contribution in [0.3, 0.4) is 0 Å². The van der Waals surface area contributed by atoms with Crippen LogP contribution in [-0.2, 0) is 9.53 Å². The lowest BCUT2D eigenvalue weighted by Gasteiger charge is -2.39. The average molecular weight is 474 g/mol. The highest BCUT2D eigenvalue weighted by Gasteiger charge is 2.36. The first-order chi connectivity index (χ1) is 11.9. The van der Waals surface area contributed by atoms with Crippen LogP contribution in [0.4, 0.5) is 0 Å². The molecule has 1 aliphatic heterocycles. The molecule has 138 valence electrons. The summed E-state index contributed by atoms with van der Waals surface area (Å²) in [4.78, 5) is 13.3. The van der Waals surface area contributed by atoms with Gasteiger partial charge in [-0.05, 0) is 35.5 Å². The molecule has 0 bridgehead atoms. The maximum Gasteiger partial charge on any atom is 0.196 e. The zero-order valence-corrected chi connectivity index (χ0v) is 18.0. The molecule has 2 rings (SSSR count). The Morgan fingerprint density at radius 1 is 1.44 bits per heavy atom. The van der Waals surface area contributed by atoms with E-state index >= 15 is 0 Å². The third-order valence-corrected chi connectivity index (χ3v) is 6.03. The number of allylic oxidation sites excluding steroid dienone is 1. The molecule has 0 amide bonds. The predicted molar refractivity (Wildman–Crippen MR) is 112 cm³/mol. The zero-order chi connectivity index (χ0) is 18.4. The summed E-state index contributed by atoms with van der Waals surface area (Å²) in [5.74, 6) is 0.495. The Bertz CT molecular complexity index is 587. The highest BCUT2D eigenvalue weighted by molar-refractivity contribution is 14.1. The number of aryl methyl sites for hydroxylation is 1. The molecule has 5 heteroatoms. The van der Waals surface area contributed by atoms with Gasteiger partial charge in [-0.2, -0.15) is 0 Å². The molecule has 0 saturated carbocycles. The standard InChI is InChI=1S/C20H27IO3S/c1-13-4-6-17(7-5-13)25-20(23)12-16-11-18(22)15(3)19(24-16)10-14(2)8-9-21/h4-9,14-16,18-19,22H,10-12H2,1-3H3/b9-8+/t14-,15-,16+,18+,19+/m0/s1. The van der Waals surface area contributed by atoms with Crippen LogP contribution in [0, 0.1) is 18.8 Å². The van der Waals surface area contributed by atoms with Crippen LogP contribution in [-0.4, -0.2) is 28.5 Å². The van der Waals surface area contributed by atoms with Crippen molar-refractivity contribution in [1.82, 2.24) is 0 Å². The molecule has 3 nitrogen and oxygen atoms in total. The first kappa shape index (κ1) is 20.9. The molecule has 0 aromatic heterocycles. The third kappa shape index (κ3) is 6.70. The van der Waals surface area contributed by atoms with E-state index in [0.29, 0.717) is 18.8 Å². The second-order valence-corrected chi connectivity index (χ2v) is 8.83. The SMILES string of the molecule is Cc1ccc(SC(=O)C[C@H]2C[C@@H](O)[C@H](C)[C@@H](C[C@@H](C)/C=C/I)O2)cc1. The topological polar surface area (TPSA) is 46.5 Å². The van der Waals surface area contributed by atoms with Crippen LogP contribution in [0.15, 0.2) is 39.3 Å². The first-order valence-electron chi connectivity index (χ1n) is 8.76. The Balaban J connectivity index is 1.91. The van der Waals surface area contributed by atoms with Crippen LogP contribution < -0.4 is 0 Å². The quantitative estimate of drug-likeness (QED) is 0.459. The smallest absolute Gasteiger partial charge is 0.196 e. The maximum atomic E-state index is 12.4. The monoisotopic (exact) mass is 474 g/mol. The summed E-state index contributed by atoms with van der Waals surface area (Å²) in [5, 5.41) is 10.5. The third-order valence-electron chi connectivity index (χ3n) is 4.72. The molecule has 0 unspecified atom stereocenters. The van der Waals surface area contributed by atoms with Gasteiger partial charge in [0, 0.05) is 23.7 Å². The molecule has 1 aromatic carbocycles. The van der Waals surface area contributed by atoms with Gasteiger partial charge in [-0.25, -0.2) is 0 Å². The van der Waals surface area contributed by atoms with E-state index in [0.717, 1.165) is 11.3 Å². The van der Waals surface area contributed by atoms with Gasteiger partial charge in [0.25, 0.3) is 0 Å². The fourth-order valence-corrected chi connectivity index (χ4v) is 4.61. The van der Waals surface area contributed by atoms with Gasteiger partial charge < -0.3 is 9.84 Å².